The number of aryl methyl sites for hydroxylation is 2. The molecule has 2 N–H and O–H groups in total. The van der Waals surface area contributed by atoms with Gasteiger partial charge in [-0.25, -0.2) is 9.82 Å². The molecule has 5 rings (SSSR count). The van der Waals surface area contributed by atoms with Crippen LogP contribution in [0.2, 0.25) is 0 Å². The van der Waals surface area contributed by atoms with E-state index in [2.05, 4.69) is 46.4 Å². The Hall–Kier alpha value is -5.84. The van der Waals surface area contributed by atoms with Crippen molar-refractivity contribution in [3.05, 3.63) is 125 Å². The lowest BCUT2D eigenvalue weighted by atomic mass is 10.2. The van der Waals surface area contributed by atoms with E-state index in [0.717, 1.165) is 17.1 Å². The van der Waals surface area contributed by atoms with Gasteiger partial charge >= 0.3 is 5.91 Å². The Morgan fingerprint density at radius 2 is 1.67 bits per heavy atom. The standard InChI is InChI=1S/C34H31FN4O6/c1-22-8-9-23(2)39(22)25-11-13-26(14-12-25)43-20-27-15-17-31(45-27)34(41)38-36-19-24-10-16-30(32(18-24)42-3)44-21-33(40)37-29-7-5-4-6-28(29)35/h4-19H,20-21H2,1-3H3,(H,37,40)(H,38,41)/b36-19+. The van der Waals surface area contributed by atoms with Crippen LogP contribution in [0.4, 0.5) is 10.1 Å². The number of hydrogen-bond acceptors (Lipinski definition) is 7. The Balaban J connectivity index is 1.10. The third-order valence-corrected chi connectivity index (χ3v) is 6.71. The van der Waals surface area contributed by atoms with Gasteiger partial charge in [0.2, 0.25) is 0 Å². The maximum absolute atomic E-state index is 13.8. The first-order valence-electron chi connectivity index (χ1n) is 14.0. The van der Waals surface area contributed by atoms with Gasteiger partial charge in [0.1, 0.15) is 23.9 Å². The number of para-hydroxylation sites is 1. The molecule has 0 atom stereocenters. The summed E-state index contributed by atoms with van der Waals surface area (Å²) in [5.74, 6) is 0.257. The number of halogens is 1. The molecular weight excluding hydrogens is 579 g/mol. The molecule has 10 nitrogen and oxygen atoms in total. The molecule has 3 aromatic carbocycles. The normalized spacial score (nSPS) is 10.9. The van der Waals surface area contributed by atoms with Crippen LogP contribution in [-0.2, 0) is 11.4 Å². The van der Waals surface area contributed by atoms with Crippen LogP contribution in [0.3, 0.4) is 0 Å². The Labute approximate surface area is 259 Å². The van der Waals surface area contributed by atoms with E-state index in [4.69, 9.17) is 18.6 Å². The monoisotopic (exact) mass is 610 g/mol. The molecule has 230 valence electrons. The molecule has 0 saturated carbocycles. The molecule has 0 aliphatic rings. The maximum Gasteiger partial charge on any atom is 0.307 e. The van der Waals surface area contributed by atoms with E-state index in [1.165, 1.54) is 31.5 Å². The number of rotatable bonds is 12. The van der Waals surface area contributed by atoms with Crippen LogP contribution in [0.15, 0.2) is 101 Å². The summed E-state index contributed by atoms with van der Waals surface area (Å²) in [5, 5.41) is 6.43. The van der Waals surface area contributed by atoms with Crippen molar-refractivity contribution >= 4 is 23.7 Å². The van der Waals surface area contributed by atoms with Crippen molar-refractivity contribution < 1.29 is 32.6 Å². The Kier molecular flexibility index (Phi) is 9.58. The molecule has 0 bridgehead atoms. The average molecular weight is 611 g/mol. The van der Waals surface area contributed by atoms with Crippen molar-refractivity contribution in [2.45, 2.75) is 20.5 Å². The van der Waals surface area contributed by atoms with Gasteiger partial charge in [0, 0.05) is 17.1 Å². The van der Waals surface area contributed by atoms with Crippen molar-refractivity contribution in [3.8, 4) is 22.9 Å². The number of amides is 2. The first kappa shape index (κ1) is 30.6. The summed E-state index contributed by atoms with van der Waals surface area (Å²) in [6.45, 7) is 3.91. The topological polar surface area (TPSA) is 116 Å². The minimum absolute atomic E-state index is 0.0609. The smallest absolute Gasteiger partial charge is 0.307 e. The van der Waals surface area contributed by atoms with Gasteiger partial charge in [0.25, 0.3) is 5.91 Å². The summed E-state index contributed by atoms with van der Waals surface area (Å²) in [6, 6.07) is 25.8. The number of ether oxygens (including phenoxy) is 3. The number of carbonyl (C=O) groups excluding carboxylic acids is 2. The van der Waals surface area contributed by atoms with E-state index >= 15 is 0 Å². The van der Waals surface area contributed by atoms with Gasteiger partial charge in [-0.1, -0.05) is 12.1 Å². The van der Waals surface area contributed by atoms with Crippen LogP contribution in [0.25, 0.3) is 5.69 Å². The van der Waals surface area contributed by atoms with E-state index in [1.807, 2.05) is 24.3 Å². The quantitative estimate of drug-likeness (QED) is 0.128. The summed E-state index contributed by atoms with van der Waals surface area (Å²) in [6.07, 6.45) is 1.42. The van der Waals surface area contributed by atoms with E-state index < -0.39 is 17.6 Å². The second-order valence-corrected chi connectivity index (χ2v) is 9.93. The van der Waals surface area contributed by atoms with Crippen molar-refractivity contribution in [1.82, 2.24) is 9.99 Å². The first-order chi connectivity index (χ1) is 21.8. The van der Waals surface area contributed by atoms with Gasteiger partial charge < -0.3 is 28.5 Å². The van der Waals surface area contributed by atoms with Crippen LogP contribution in [0.1, 0.15) is 33.3 Å². The summed E-state index contributed by atoms with van der Waals surface area (Å²) < 4.78 is 38.2. The largest absolute Gasteiger partial charge is 0.493 e. The fourth-order valence-corrected chi connectivity index (χ4v) is 4.50. The number of hydrogen-bond donors (Lipinski definition) is 2. The van der Waals surface area contributed by atoms with Crippen LogP contribution in [0.5, 0.6) is 17.2 Å². The Bertz CT molecular complexity index is 1810. The molecule has 0 fully saturated rings. The molecule has 11 heteroatoms. The highest BCUT2D eigenvalue weighted by Gasteiger charge is 2.13. The first-order valence-corrected chi connectivity index (χ1v) is 14.0. The fraction of sp³-hybridized carbons (Fsp3) is 0.147. The van der Waals surface area contributed by atoms with Crippen molar-refractivity contribution in [3.63, 3.8) is 0 Å². The Morgan fingerprint density at radius 3 is 2.40 bits per heavy atom. The number of anilines is 1. The van der Waals surface area contributed by atoms with Crippen molar-refractivity contribution in [1.29, 1.82) is 0 Å². The molecule has 2 aromatic heterocycles. The zero-order valence-electron chi connectivity index (χ0n) is 24.9. The van der Waals surface area contributed by atoms with E-state index in [0.29, 0.717) is 28.6 Å². The lowest BCUT2D eigenvalue weighted by molar-refractivity contribution is -0.118. The predicted molar refractivity (Wildman–Crippen MR) is 167 cm³/mol. The second kappa shape index (κ2) is 14.1. The molecule has 2 amide bonds. The molecule has 0 aliphatic carbocycles. The van der Waals surface area contributed by atoms with E-state index in [9.17, 15) is 14.0 Å². The van der Waals surface area contributed by atoms with Gasteiger partial charge in [0.15, 0.2) is 23.9 Å². The zero-order chi connectivity index (χ0) is 31.8. The highest BCUT2D eigenvalue weighted by Crippen LogP contribution is 2.28. The number of methoxy groups -OCH3 is 1. The minimum atomic E-state index is -0.545. The number of nitrogens with zero attached hydrogens (tertiary/aromatic N) is 2. The molecule has 0 saturated heterocycles. The van der Waals surface area contributed by atoms with Crippen LogP contribution in [0, 0.1) is 19.7 Å². The molecule has 0 spiro atoms. The number of furan rings is 1. The number of aromatic nitrogens is 1. The van der Waals surface area contributed by atoms with Crippen molar-refractivity contribution in [2.75, 3.05) is 19.0 Å². The number of benzene rings is 3. The van der Waals surface area contributed by atoms with Gasteiger partial charge in [-0.2, -0.15) is 5.10 Å². The number of carbonyl (C=O) groups is 2. The van der Waals surface area contributed by atoms with Crippen LogP contribution in [-0.4, -0.2) is 36.3 Å². The highest BCUT2D eigenvalue weighted by molar-refractivity contribution is 5.93. The molecule has 0 radical (unpaired) electrons. The van der Waals surface area contributed by atoms with Crippen LogP contribution >= 0.6 is 0 Å². The average Bonchev–Trinajstić information content (AvgIpc) is 3.66. The third kappa shape index (κ3) is 7.77. The molecule has 45 heavy (non-hydrogen) atoms. The summed E-state index contributed by atoms with van der Waals surface area (Å²) in [7, 11) is 1.45. The van der Waals surface area contributed by atoms with Crippen molar-refractivity contribution in [2.24, 2.45) is 5.10 Å². The second-order valence-electron chi connectivity index (χ2n) is 9.93. The van der Waals surface area contributed by atoms with E-state index in [-0.39, 0.29) is 24.7 Å². The van der Waals surface area contributed by atoms with E-state index in [1.54, 1.807) is 36.4 Å². The maximum atomic E-state index is 13.8. The fourth-order valence-electron chi connectivity index (χ4n) is 4.50. The molecule has 0 aliphatic heterocycles. The SMILES string of the molecule is COc1cc(/C=N/NC(=O)c2ccc(COc3ccc(-n4c(C)ccc4C)cc3)o2)ccc1OCC(=O)Nc1ccccc1F. The predicted octanol–water partition coefficient (Wildman–Crippen LogP) is 6.20. The number of hydrazone groups is 1. The lowest BCUT2D eigenvalue weighted by Crippen LogP contribution is -2.21. The summed E-state index contributed by atoms with van der Waals surface area (Å²) >= 11 is 0. The van der Waals surface area contributed by atoms with Crippen LogP contribution < -0.4 is 25.0 Å². The molecular formula is C34H31FN4O6. The summed E-state index contributed by atoms with van der Waals surface area (Å²) in [5.41, 5.74) is 6.42. The third-order valence-electron chi connectivity index (χ3n) is 6.71. The van der Waals surface area contributed by atoms with Gasteiger partial charge in [0.05, 0.1) is 19.0 Å². The lowest BCUT2D eigenvalue weighted by Gasteiger charge is -2.11. The highest BCUT2D eigenvalue weighted by atomic mass is 19.1. The molecule has 2 heterocycles. The number of nitrogens with one attached hydrogen (secondary N) is 2. The van der Waals surface area contributed by atoms with Gasteiger partial charge in [-0.15, -0.1) is 0 Å². The summed E-state index contributed by atoms with van der Waals surface area (Å²) in [4.78, 5) is 24.7. The minimum Gasteiger partial charge on any atom is -0.493 e. The molecule has 0 unspecified atom stereocenters. The van der Waals surface area contributed by atoms with Gasteiger partial charge in [-0.05, 0) is 98.3 Å². The Morgan fingerprint density at radius 1 is 0.911 bits per heavy atom. The molecule has 5 aromatic rings. The van der Waals surface area contributed by atoms with Gasteiger partial charge in [-0.3, -0.25) is 9.59 Å². The zero-order valence-corrected chi connectivity index (χ0v) is 24.9.